The van der Waals surface area contributed by atoms with E-state index >= 15 is 0 Å². The molecule has 0 spiro atoms. The highest BCUT2D eigenvalue weighted by Crippen LogP contribution is 2.38. The molecule has 0 aliphatic heterocycles. The number of benzene rings is 2. The SMILES string of the molecule is [C-]#[N+]c1c(N=Nc2c(O)n(-c3ccccc3)n(-c3ccccc3)c2=O)n[nH]c1C(C)(C)C. The summed E-state index contributed by atoms with van der Waals surface area (Å²) in [4.78, 5) is 16.8. The quantitative estimate of drug-likeness (QED) is 0.340. The lowest BCUT2D eigenvalue weighted by Gasteiger charge is -2.16. The van der Waals surface area contributed by atoms with Gasteiger partial charge in [-0.25, -0.2) is 14.2 Å². The van der Waals surface area contributed by atoms with Gasteiger partial charge in [0.2, 0.25) is 17.4 Å². The van der Waals surface area contributed by atoms with Crippen molar-refractivity contribution < 1.29 is 5.11 Å². The minimum atomic E-state index is -0.558. The van der Waals surface area contributed by atoms with Gasteiger partial charge in [-0.2, -0.15) is 5.10 Å². The van der Waals surface area contributed by atoms with Crippen molar-refractivity contribution in [1.29, 1.82) is 0 Å². The van der Waals surface area contributed by atoms with Crippen LogP contribution in [0.3, 0.4) is 0 Å². The van der Waals surface area contributed by atoms with E-state index in [0.717, 1.165) is 0 Å². The fraction of sp³-hybridized carbons (Fsp3) is 0.174. The average molecular weight is 427 g/mol. The lowest BCUT2D eigenvalue weighted by Crippen LogP contribution is -2.20. The van der Waals surface area contributed by atoms with Gasteiger partial charge in [-0.3, -0.25) is 9.89 Å². The molecule has 0 amide bonds. The number of para-hydroxylation sites is 2. The Labute approximate surface area is 184 Å². The van der Waals surface area contributed by atoms with E-state index < -0.39 is 5.56 Å². The predicted octanol–water partition coefficient (Wildman–Crippen LogP) is 5.32. The lowest BCUT2D eigenvalue weighted by atomic mass is 9.91. The summed E-state index contributed by atoms with van der Waals surface area (Å²) in [6.07, 6.45) is 0. The number of nitrogens with one attached hydrogen (secondary N) is 1. The summed E-state index contributed by atoms with van der Waals surface area (Å²) in [5.74, 6) is -0.313. The summed E-state index contributed by atoms with van der Waals surface area (Å²) in [5.41, 5.74) is 0.810. The molecule has 0 aliphatic carbocycles. The Morgan fingerprint density at radius 3 is 2.06 bits per heavy atom. The minimum Gasteiger partial charge on any atom is -0.492 e. The normalized spacial score (nSPS) is 11.7. The van der Waals surface area contributed by atoms with Gasteiger partial charge in [0.25, 0.3) is 5.69 Å². The van der Waals surface area contributed by atoms with Crippen LogP contribution in [0.2, 0.25) is 0 Å². The first-order valence-electron chi connectivity index (χ1n) is 9.89. The standard InChI is InChI=1S/C23H21N7O2/c1-23(2,3)19-17(24-4)20(28-26-19)27-25-18-21(31)29(15-11-7-5-8-12-15)30(22(18)32)16-13-9-6-10-14-16/h5-14,31H,1-3H3,(H,26,28). The molecule has 9 nitrogen and oxygen atoms in total. The molecule has 4 rings (SSSR count). The Morgan fingerprint density at radius 2 is 1.53 bits per heavy atom. The second kappa shape index (κ2) is 8.00. The number of azo groups is 1. The van der Waals surface area contributed by atoms with Crippen molar-refractivity contribution in [2.75, 3.05) is 0 Å². The maximum absolute atomic E-state index is 13.3. The summed E-state index contributed by atoms with van der Waals surface area (Å²) < 4.78 is 2.69. The topological polar surface area (TPSA) is 105 Å². The Kier molecular flexibility index (Phi) is 5.20. The number of H-pyrrole nitrogens is 1. The molecule has 0 fully saturated rings. The van der Waals surface area contributed by atoms with Crippen LogP contribution >= 0.6 is 0 Å². The predicted molar refractivity (Wildman–Crippen MR) is 121 cm³/mol. The maximum Gasteiger partial charge on any atom is 0.303 e. The molecule has 2 aromatic heterocycles. The third-order valence-electron chi connectivity index (χ3n) is 4.84. The zero-order valence-electron chi connectivity index (χ0n) is 17.8. The second-order valence-electron chi connectivity index (χ2n) is 8.10. The second-order valence-corrected chi connectivity index (χ2v) is 8.10. The van der Waals surface area contributed by atoms with E-state index in [0.29, 0.717) is 17.1 Å². The molecule has 32 heavy (non-hydrogen) atoms. The van der Waals surface area contributed by atoms with Crippen LogP contribution < -0.4 is 5.56 Å². The number of hydrogen-bond donors (Lipinski definition) is 2. The van der Waals surface area contributed by atoms with Gasteiger partial charge in [0.1, 0.15) is 0 Å². The van der Waals surface area contributed by atoms with Gasteiger partial charge in [-0.15, -0.1) is 10.2 Å². The van der Waals surface area contributed by atoms with Crippen molar-refractivity contribution >= 4 is 17.2 Å². The average Bonchev–Trinajstić information content (AvgIpc) is 3.31. The summed E-state index contributed by atoms with van der Waals surface area (Å²) in [7, 11) is 0. The first kappa shape index (κ1) is 20.8. The molecule has 0 unspecified atom stereocenters. The van der Waals surface area contributed by atoms with Gasteiger partial charge in [-0.1, -0.05) is 57.2 Å². The van der Waals surface area contributed by atoms with Crippen LogP contribution in [0, 0.1) is 6.57 Å². The molecule has 0 atom stereocenters. The van der Waals surface area contributed by atoms with Gasteiger partial charge < -0.3 is 5.11 Å². The molecular formula is C23H21N7O2. The third-order valence-corrected chi connectivity index (χ3v) is 4.84. The van der Waals surface area contributed by atoms with E-state index in [4.69, 9.17) is 6.57 Å². The van der Waals surface area contributed by atoms with E-state index in [2.05, 4.69) is 25.3 Å². The van der Waals surface area contributed by atoms with E-state index in [9.17, 15) is 9.90 Å². The highest BCUT2D eigenvalue weighted by atomic mass is 16.3. The van der Waals surface area contributed by atoms with Gasteiger partial charge >= 0.3 is 5.56 Å². The first-order valence-corrected chi connectivity index (χ1v) is 9.89. The van der Waals surface area contributed by atoms with E-state index in [-0.39, 0.29) is 28.5 Å². The zero-order chi connectivity index (χ0) is 22.9. The van der Waals surface area contributed by atoms with Crippen molar-refractivity contribution in [3.63, 3.8) is 0 Å². The van der Waals surface area contributed by atoms with Crippen LogP contribution in [0.5, 0.6) is 5.88 Å². The molecule has 4 aromatic rings. The largest absolute Gasteiger partial charge is 0.492 e. The van der Waals surface area contributed by atoms with Crippen LogP contribution in [0.15, 0.2) is 75.7 Å². The van der Waals surface area contributed by atoms with Crippen LogP contribution in [0.25, 0.3) is 16.2 Å². The van der Waals surface area contributed by atoms with E-state index in [1.54, 1.807) is 48.5 Å². The van der Waals surface area contributed by atoms with E-state index in [1.807, 2.05) is 32.9 Å². The highest BCUT2D eigenvalue weighted by molar-refractivity contribution is 5.67. The lowest BCUT2D eigenvalue weighted by molar-refractivity contribution is 0.426. The van der Waals surface area contributed by atoms with E-state index in [1.165, 1.54) is 9.36 Å². The van der Waals surface area contributed by atoms with Gasteiger partial charge in [0.15, 0.2) is 0 Å². The Hall–Kier alpha value is -4.45. The molecule has 160 valence electrons. The molecule has 2 N–H and O–H groups in total. The number of nitrogens with zero attached hydrogens (tertiary/aromatic N) is 6. The van der Waals surface area contributed by atoms with Gasteiger partial charge in [0, 0.05) is 5.69 Å². The summed E-state index contributed by atoms with van der Waals surface area (Å²) in [6, 6.07) is 17.9. The third kappa shape index (κ3) is 3.58. The van der Waals surface area contributed by atoms with Crippen molar-refractivity contribution in [2.24, 2.45) is 10.2 Å². The Balaban J connectivity index is 1.89. The zero-order valence-corrected chi connectivity index (χ0v) is 17.8. The molecule has 0 radical (unpaired) electrons. The number of aromatic nitrogens is 4. The van der Waals surface area contributed by atoms with Crippen molar-refractivity contribution in [2.45, 2.75) is 26.2 Å². The fourth-order valence-electron chi connectivity index (χ4n) is 3.30. The molecule has 2 aromatic carbocycles. The summed E-state index contributed by atoms with van der Waals surface area (Å²) >= 11 is 0. The molecule has 0 saturated carbocycles. The monoisotopic (exact) mass is 427 g/mol. The number of hydrogen-bond acceptors (Lipinski definition) is 5. The molecule has 0 aliphatic rings. The Morgan fingerprint density at radius 1 is 0.969 bits per heavy atom. The van der Waals surface area contributed by atoms with Gasteiger partial charge in [0.05, 0.1) is 17.9 Å². The van der Waals surface area contributed by atoms with Crippen LogP contribution in [0.4, 0.5) is 17.2 Å². The van der Waals surface area contributed by atoms with Crippen LogP contribution in [0.1, 0.15) is 26.5 Å². The number of aromatic amines is 1. The van der Waals surface area contributed by atoms with Crippen molar-refractivity contribution in [1.82, 2.24) is 19.6 Å². The minimum absolute atomic E-state index is 0.0578. The summed E-state index contributed by atoms with van der Waals surface area (Å²) in [6.45, 7) is 13.3. The smallest absolute Gasteiger partial charge is 0.303 e. The van der Waals surface area contributed by atoms with Crippen molar-refractivity contribution in [3.8, 4) is 17.3 Å². The molecule has 9 heteroatoms. The van der Waals surface area contributed by atoms with Crippen LogP contribution in [-0.4, -0.2) is 24.7 Å². The first-order chi connectivity index (χ1) is 15.3. The molecular weight excluding hydrogens is 406 g/mol. The fourth-order valence-corrected chi connectivity index (χ4v) is 3.30. The Bertz CT molecular complexity index is 1380. The highest BCUT2D eigenvalue weighted by Gasteiger charge is 2.25. The maximum atomic E-state index is 13.3. The summed E-state index contributed by atoms with van der Waals surface area (Å²) in [5, 5.41) is 25.9. The van der Waals surface area contributed by atoms with Crippen molar-refractivity contribution in [3.05, 3.63) is 88.1 Å². The molecule has 2 heterocycles. The number of aromatic hydroxyl groups is 1. The van der Waals surface area contributed by atoms with Gasteiger partial charge in [-0.05, 0) is 29.7 Å². The van der Waals surface area contributed by atoms with Crippen LogP contribution in [-0.2, 0) is 5.41 Å². The number of rotatable bonds is 4. The molecule has 0 saturated heterocycles. The molecule has 0 bridgehead atoms.